The van der Waals surface area contributed by atoms with E-state index in [0.29, 0.717) is 5.69 Å². The highest BCUT2D eigenvalue weighted by Crippen LogP contribution is 2.17. The molecular weight excluding hydrogens is 346 g/mol. The van der Waals surface area contributed by atoms with Gasteiger partial charge in [0.05, 0.1) is 12.2 Å². The number of hydrogen-bond acceptors (Lipinski definition) is 5. The summed E-state index contributed by atoms with van der Waals surface area (Å²) in [7, 11) is 0.0251. The van der Waals surface area contributed by atoms with Gasteiger partial charge in [0.2, 0.25) is 10.0 Å². The van der Waals surface area contributed by atoms with Gasteiger partial charge in [0.15, 0.2) is 4.90 Å². The summed E-state index contributed by atoms with van der Waals surface area (Å²) in [5.74, 6) is 0.963. The molecule has 0 amide bonds. The SMILES string of the molecule is CN(Cc1cn2c(n1)CCCC2)S(=O)(=O)c1cn(C)c(=O)n(C)c1=O. The highest BCUT2D eigenvalue weighted by molar-refractivity contribution is 7.89. The van der Waals surface area contributed by atoms with Gasteiger partial charge in [0.25, 0.3) is 5.56 Å². The van der Waals surface area contributed by atoms with E-state index in [0.717, 1.165) is 51.3 Å². The smallest absolute Gasteiger partial charge is 0.330 e. The van der Waals surface area contributed by atoms with Crippen LogP contribution in [0.1, 0.15) is 24.4 Å². The Hall–Kier alpha value is -2.20. The van der Waals surface area contributed by atoms with Crippen LogP contribution in [-0.4, -0.2) is 38.5 Å². The molecule has 0 aliphatic carbocycles. The van der Waals surface area contributed by atoms with Gasteiger partial charge >= 0.3 is 5.69 Å². The maximum Gasteiger partial charge on any atom is 0.330 e. The highest BCUT2D eigenvalue weighted by Gasteiger charge is 2.27. The Morgan fingerprint density at radius 2 is 1.92 bits per heavy atom. The maximum atomic E-state index is 12.8. The van der Waals surface area contributed by atoms with Crippen molar-refractivity contribution < 1.29 is 8.42 Å². The van der Waals surface area contributed by atoms with Crippen LogP contribution in [0.4, 0.5) is 0 Å². The van der Waals surface area contributed by atoms with Crippen molar-refractivity contribution in [3.8, 4) is 0 Å². The molecule has 0 saturated heterocycles. The molecule has 0 unspecified atom stereocenters. The molecule has 0 saturated carbocycles. The summed E-state index contributed by atoms with van der Waals surface area (Å²) in [4.78, 5) is 28.0. The lowest BCUT2D eigenvalue weighted by Crippen LogP contribution is -2.41. The van der Waals surface area contributed by atoms with E-state index in [2.05, 4.69) is 4.98 Å². The Morgan fingerprint density at radius 3 is 2.60 bits per heavy atom. The number of sulfonamides is 1. The van der Waals surface area contributed by atoms with Gasteiger partial charge in [-0.25, -0.2) is 18.2 Å². The second-order valence-corrected chi connectivity index (χ2v) is 8.32. The Balaban J connectivity index is 1.94. The number of imidazole rings is 1. The first-order valence-electron chi connectivity index (χ1n) is 7.99. The van der Waals surface area contributed by atoms with E-state index in [1.165, 1.54) is 21.1 Å². The summed E-state index contributed by atoms with van der Waals surface area (Å²) in [5, 5.41) is 0. The van der Waals surface area contributed by atoms with Crippen LogP contribution in [0.15, 0.2) is 26.9 Å². The average molecular weight is 367 g/mol. The minimum Gasteiger partial charge on any atom is -0.335 e. The Bertz CT molecular complexity index is 1010. The van der Waals surface area contributed by atoms with Gasteiger partial charge in [-0.15, -0.1) is 0 Å². The Morgan fingerprint density at radius 1 is 1.20 bits per heavy atom. The third-order valence-corrected chi connectivity index (χ3v) is 6.23. The lowest BCUT2D eigenvalue weighted by Gasteiger charge is -2.16. The number of fused-ring (bicyclic) bond motifs is 1. The van der Waals surface area contributed by atoms with Crippen molar-refractivity contribution >= 4 is 10.0 Å². The quantitative estimate of drug-likeness (QED) is 0.721. The number of hydrogen-bond donors (Lipinski definition) is 0. The van der Waals surface area contributed by atoms with Crippen molar-refractivity contribution in [2.75, 3.05) is 7.05 Å². The minimum atomic E-state index is -4.04. The highest BCUT2D eigenvalue weighted by atomic mass is 32.2. The van der Waals surface area contributed by atoms with E-state index in [4.69, 9.17) is 0 Å². The van der Waals surface area contributed by atoms with Crippen LogP contribution >= 0.6 is 0 Å². The van der Waals surface area contributed by atoms with E-state index < -0.39 is 26.2 Å². The van der Waals surface area contributed by atoms with Gasteiger partial charge < -0.3 is 9.13 Å². The summed E-state index contributed by atoms with van der Waals surface area (Å²) < 4.78 is 30.6. The van der Waals surface area contributed by atoms with Gasteiger partial charge in [0, 0.05) is 46.5 Å². The molecule has 1 aliphatic rings. The number of aryl methyl sites for hydroxylation is 3. The summed E-state index contributed by atoms with van der Waals surface area (Å²) in [5.41, 5.74) is -0.767. The van der Waals surface area contributed by atoms with Crippen LogP contribution in [0, 0.1) is 0 Å². The topological polar surface area (TPSA) is 99.2 Å². The summed E-state index contributed by atoms with van der Waals surface area (Å²) in [6.45, 7) is 0.953. The second kappa shape index (κ2) is 6.26. The molecule has 2 aromatic rings. The van der Waals surface area contributed by atoms with E-state index in [1.54, 1.807) is 0 Å². The second-order valence-electron chi connectivity index (χ2n) is 6.31. The predicted molar refractivity (Wildman–Crippen MR) is 90.7 cm³/mol. The standard InChI is InChI=1S/C15H21N5O4S/c1-17-10-12(14(21)19(3)15(17)22)25(23,24)18(2)8-11-9-20-7-5-4-6-13(20)16-11/h9-10H,4-8H2,1-3H3. The Labute approximate surface area is 145 Å². The summed E-state index contributed by atoms with van der Waals surface area (Å²) in [6, 6.07) is 0. The molecule has 0 aromatic carbocycles. The van der Waals surface area contributed by atoms with Crippen molar-refractivity contribution in [3.05, 3.63) is 44.8 Å². The van der Waals surface area contributed by atoms with E-state index in [9.17, 15) is 18.0 Å². The molecule has 1 aliphatic heterocycles. The molecule has 25 heavy (non-hydrogen) atoms. The summed E-state index contributed by atoms with van der Waals surface area (Å²) >= 11 is 0. The molecule has 10 heteroatoms. The van der Waals surface area contributed by atoms with Crippen LogP contribution in [0.3, 0.4) is 0 Å². The van der Waals surface area contributed by atoms with Gasteiger partial charge in [-0.3, -0.25) is 9.36 Å². The lowest BCUT2D eigenvalue weighted by atomic mass is 10.2. The first kappa shape index (κ1) is 17.6. The lowest BCUT2D eigenvalue weighted by molar-refractivity contribution is 0.458. The van der Waals surface area contributed by atoms with Crippen molar-refractivity contribution in [1.29, 1.82) is 0 Å². The molecule has 3 rings (SSSR count). The monoisotopic (exact) mass is 367 g/mol. The molecule has 9 nitrogen and oxygen atoms in total. The van der Waals surface area contributed by atoms with Gasteiger partial charge in [-0.05, 0) is 12.8 Å². The van der Waals surface area contributed by atoms with Crippen LogP contribution in [0.5, 0.6) is 0 Å². The van der Waals surface area contributed by atoms with Crippen LogP contribution < -0.4 is 11.2 Å². The normalized spacial score (nSPS) is 14.7. The van der Waals surface area contributed by atoms with Crippen LogP contribution in [-0.2, 0) is 43.6 Å². The molecule has 0 radical (unpaired) electrons. The van der Waals surface area contributed by atoms with Crippen molar-refractivity contribution in [1.82, 2.24) is 23.0 Å². The third kappa shape index (κ3) is 3.07. The third-order valence-electron chi connectivity index (χ3n) is 4.45. The fourth-order valence-corrected chi connectivity index (χ4v) is 4.27. The van der Waals surface area contributed by atoms with E-state index in [1.807, 2.05) is 10.8 Å². The first-order chi connectivity index (χ1) is 11.7. The fraction of sp³-hybridized carbons (Fsp3) is 0.533. The van der Waals surface area contributed by atoms with Crippen LogP contribution in [0.2, 0.25) is 0 Å². The molecule has 0 fully saturated rings. The number of rotatable bonds is 4. The first-order valence-corrected chi connectivity index (χ1v) is 9.43. The predicted octanol–water partition coefficient (Wildman–Crippen LogP) is -0.562. The molecule has 2 aromatic heterocycles. The average Bonchev–Trinajstić information content (AvgIpc) is 2.98. The number of nitrogens with zero attached hydrogens (tertiary/aromatic N) is 5. The van der Waals surface area contributed by atoms with Crippen molar-refractivity contribution in [3.63, 3.8) is 0 Å². The zero-order chi connectivity index (χ0) is 18.4. The molecule has 136 valence electrons. The molecule has 0 spiro atoms. The number of aromatic nitrogens is 4. The largest absolute Gasteiger partial charge is 0.335 e. The zero-order valence-corrected chi connectivity index (χ0v) is 15.3. The molecular formula is C15H21N5O4S. The minimum absolute atomic E-state index is 0.0638. The van der Waals surface area contributed by atoms with Gasteiger partial charge in [-0.1, -0.05) is 0 Å². The van der Waals surface area contributed by atoms with E-state index in [-0.39, 0.29) is 6.54 Å². The van der Waals surface area contributed by atoms with Crippen molar-refractivity contribution in [2.24, 2.45) is 14.1 Å². The molecule has 0 atom stereocenters. The zero-order valence-electron chi connectivity index (χ0n) is 14.5. The summed E-state index contributed by atoms with van der Waals surface area (Å²) in [6.07, 6.45) is 5.98. The molecule has 0 N–H and O–H groups in total. The Kier molecular flexibility index (Phi) is 4.41. The molecule has 0 bridgehead atoms. The van der Waals surface area contributed by atoms with Gasteiger partial charge in [-0.2, -0.15) is 4.31 Å². The van der Waals surface area contributed by atoms with E-state index >= 15 is 0 Å². The van der Waals surface area contributed by atoms with Crippen molar-refractivity contribution in [2.45, 2.75) is 37.2 Å². The molecule has 3 heterocycles. The fourth-order valence-electron chi connectivity index (χ4n) is 2.98. The van der Waals surface area contributed by atoms with Gasteiger partial charge in [0.1, 0.15) is 5.82 Å². The maximum absolute atomic E-state index is 12.8. The van der Waals surface area contributed by atoms with Crippen LogP contribution in [0.25, 0.3) is 0 Å².